The summed E-state index contributed by atoms with van der Waals surface area (Å²) in [7, 11) is 0. The highest BCUT2D eigenvalue weighted by Crippen LogP contribution is 2.63. The quantitative estimate of drug-likeness (QED) is 0.163. The van der Waals surface area contributed by atoms with Gasteiger partial charge in [-0.3, -0.25) is 0 Å². The van der Waals surface area contributed by atoms with Gasteiger partial charge in [0.05, 0.1) is 11.1 Å². The molecule has 2 unspecified atom stereocenters. The predicted molar refractivity (Wildman–Crippen MR) is 231 cm³/mol. The van der Waals surface area contributed by atoms with E-state index in [2.05, 4.69) is 207 Å². The van der Waals surface area contributed by atoms with Crippen LogP contribution in [0.2, 0.25) is 0 Å². The first-order valence-electron chi connectivity index (χ1n) is 19.9. The first-order valence-corrected chi connectivity index (χ1v) is 19.9. The number of anilines is 4. The van der Waals surface area contributed by atoms with Gasteiger partial charge >= 0.3 is 0 Å². The topological polar surface area (TPSA) is 6.48 Å². The highest BCUT2D eigenvalue weighted by Gasteiger charge is 2.55. The smallest absolute Gasteiger partial charge is 0.0934 e. The Morgan fingerprint density at radius 2 is 0.891 bits per heavy atom. The summed E-state index contributed by atoms with van der Waals surface area (Å²) in [5.74, 6) is 0. The zero-order valence-corrected chi connectivity index (χ0v) is 32.0. The first kappa shape index (κ1) is 32.3. The zero-order valence-electron chi connectivity index (χ0n) is 32.0. The van der Waals surface area contributed by atoms with E-state index in [4.69, 9.17) is 0 Å². The van der Waals surface area contributed by atoms with Gasteiger partial charge in [0.15, 0.2) is 0 Å². The normalized spacial score (nSPS) is 19.6. The molecular weight excluding hydrogens is 665 g/mol. The van der Waals surface area contributed by atoms with Crippen molar-refractivity contribution in [3.05, 3.63) is 203 Å². The molecule has 0 bridgehead atoms. The number of hydrogen-bond acceptors (Lipinski definition) is 2. The highest BCUT2D eigenvalue weighted by atomic mass is 15.2. The van der Waals surface area contributed by atoms with Gasteiger partial charge in [-0.05, 0) is 134 Å². The molecule has 0 saturated carbocycles. The summed E-state index contributed by atoms with van der Waals surface area (Å²) in [4.78, 5) is 5.20. The summed E-state index contributed by atoms with van der Waals surface area (Å²) in [5.41, 5.74) is 15.9. The van der Waals surface area contributed by atoms with Crippen LogP contribution < -0.4 is 9.80 Å². The first-order chi connectivity index (χ1) is 26.8. The molecule has 0 radical (unpaired) electrons. The maximum absolute atomic E-state index is 2.64. The molecule has 2 heteroatoms. The molecule has 8 aromatic rings. The molecule has 0 saturated heterocycles. The van der Waals surface area contributed by atoms with Gasteiger partial charge in [0.1, 0.15) is 0 Å². The molecule has 11 rings (SSSR count). The standard InChI is InChI=1S/C53H44N2/c1-5-53(55(41-22-10-7-11-23-41)43-27-25-36-17-13-15-19-38(36)29-43)34-39-30-44-45-31-49-50(33-48(45)51(2,3)47(44)32-46(39)53)52(49,4)54(40-20-8-6-9-21-40)42-26-24-35-16-12-14-18-37(35)28-42/h6-33H,5,34H2,1-4H3. The Labute approximate surface area is 324 Å². The second-order valence-electron chi connectivity index (χ2n) is 16.7. The molecule has 0 aliphatic heterocycles. The third kappa shape index (κ3) is 4.49. The minimum Gasteiger partial charge on any atom is -0.331 e. The van der Waals surface area contributed by atoms with Crippen molar-refractivity contribution < 1.29 is 0 Å². The molecule has 0 N–H and O–H groups in total. The molecular formula is C53H44N2. The molecule has 2 nitrogen and oxygen atoms in total. The fourth-order valence-corrected chi connectivity index (χ4v) is 10.5. The minimum absolute atomic E-state index is 0.131. The van der Waals surface area contributed by atoms with Crippen LogP contribution in [0.4, 0.5) is 22.7 Å². The number of fused-ring (bicyclic) bond motifs is 7. The number of para-hydroxylation sites is 2. The lowest BCUT2D eigenvalue weighted by Gasteiger charge is -2.53. The van der Waals surface area contributed by atoms with Gasteiger partial charge in [-0.2, -0.15) is 0 Å². The van der Waals surface area contributed by atoms with E-state index >= 15 is 0 Å². The SMILES string of the molecule is CCC1(N(c2ccccc2)c2ccc3ccccc3c2)Cc2cc3c(cc21)C(C)(C)c1cc2c(cc1-3)C2(C)N(c1ccccc1)c1ccc2ccccc2c1. The third-order valence-electron chi connectivity index (χ3n) is 13.5. The van der Waals surface area contributed by atoms with E-state index < -0.39 is 0 Å². The lowest BCUT2D eigenvalue weighted by molar-refractivity contribution is 0.362. The monoisotopic (exact) mass is 708 g/mol. The van der Waals surface area contributed by atoms with Crippen molar-refractivity contribution in [2.75, 3.05) is 9.80 Å². The summed E-state index contributed by atoms with van der Waals surface area (Å²) in [6.07, 6.45) is 2.03. The third-order valence-corrected chi connectivity index (χ3v) is 13.5. The van der Waals surface area contributed by atoms with E-state index in [-0.39, 0.29) is 16.5 Å². The Bertz CT molecular complexity index is 2840. The maximum atomic E-state index is 2.64. The number of benzene rings is 8. The van der Waals surface area contributed by atoms with E-state index in [0.29, 0.717) is 0 Å². The average Bonchev–Trinajstić information content (AvgIpc) is 3.73. The number of hydrogen-bond donors (Lipinski definition) is 0. The lowest BCUT2D eigenvalue weighted by Crippen LogP contribution is -2.51. The van der Waals surface area contributed by atoms with Crippen LogP contribution in [0.5, 0.6) is 0 Å². The fraction of sp³-hybridized carbons (Fsp3) is 0.170. The molecule has 3 aliphatic carbocycles. The Morgan fingerprint density at radius 3 is 1.47 bits per heavy atom. The van der Waals surface area contributed by atoms with Gasteiger partial charge in [-0.25, -0.2) is 0 Å². The van der Waals surface area contributed by atoms with Crippen molar-refractivity contribution in [1.82, 2.24) is 0 Å². The van der Waals surface area contributed by atoms with Gasteiger partial charge in [0.2, 0.25) is 0 Å². The van der Waals surface area contributed by atoms with Crippen LogP contribution in [0.3, 0.4) is 0 Å². The number of rotatable bonds is 7. The Hall–Kier alpha value is -6.12. The molecule has 0 spiro atoms. The van der Waals surface area contributed by atoms with Crippen LogP contribution in [0.15, 0.2) is 170 Å². The Balaban J connectivity index is 1.02. The summed E-state index contributed by atoms with van der Waals surface area (Å²) in [6.45, 7) is 9.68. The molecule has 0 aromatic heterocycles. The van der Waals surface area contributed by atoms with Crippen LogP contribution in [-0.4, -0.2) is 0 Å². The summed E-state index contributed by atoms with van der Waals surface area (Å²) in [5, 5.41) is 5.08. The predicted octanol–water partition coefficient (Wildman–Crippen LogP) is 13.7. The van der Waals surface area contributed by atoms with Crippen LogP contribution >= 0.6 is 0 Å². The van der Waals surface area contributed by atoms with Gasteiger partial charge < -0.3 is 9.80 Å². The van der Waals surface area contributed by atoms with Crippen molar-refractivity contribution in [2.24, 2.45) is 0 Å². The van der Waals surface area contributed by atoms with Gasteiger partial charge in [-0.15, -0.1) is 0 Å². The van der Waals surface area contributed by atoms with Crippen LogP contribution in [0.1, 0.15) is 67.5 Å². The zero-order chi connectivity index (χ0) is 37.1. The van der Waals surface area contributed by atoms with Crippen LogP contribution in [-0.2, 0) is 22.9 Å². The van der Waals surface area contributed by atoms with Crippen molar-refractivity contribution in [2.45, 2.75) is 57.0 Å². The Morgan fingerprint density at radius 1 is 0.418 bits per heavy atom. The largest absolute Gasteiger partial charge is 0.331 e. The van der Waals surface area contributed by atoms with Crippen molar-refractivity contribution in [3.8, 4) is 11.1 Å². The molecule has 0 fully saturated rings. The summed E-state index contributed by atoms with van der Waals surface area (Å²) < 4.78 is 0. The van der Waals surface area contributed by atoms with E-state index in [9.17, 15) is 0 Å². The molecule has 0 amide bonds. The van der Waals surface area contributed by atoms with E-state index in [1.807, 2.05) is 0 Å². The van der Waals surface area contributed by atoms with Crippen molar-refractivity contribution in [1.29, 1.82) is 0 Å². The van der Waals surface area contributed by atoms with Gasteiger partial charge in [0.25, 0.3) is 0 Å². The molecule has 8 aromatic carbocycles. The second kappa shape index (κ2) is 11.4. The molecule has 3 aliphatic rings. The summed E-state index contributed by atoms with van der Waals surface area (Å²) in [6, 6.07) is 63.5. The van der Waals surface area contributed by atoms with E-state index in [0.717, 1.165) is 12.8 Å². The lowest BCUT2D eigenvalue weighted by atomic mass is 9.65. The number of nitrogens with zero attached hydrogens (tertiary/aromatic N) is 2. The van der Waals surface area contributed by atoms with E-state index in [1.54, 1.807) is 0 Å². The van der Waals surface area contributed by atoms with Crippen LogP contribution in [0, 0.1) is 0 Å². The molecule has 0 heterocycles. The fourth-order valence-electron chi connectivity index (χ4n) is 10.5. The average molecular weight is 709 g/mol. The van der Waals surface area contributed by atoms with Gasteiger partial charge in [0, 0.05) is 34.6 Å². The van der Waals surface area contributed by atoms with E-state index in [1.165, 1.54) is 88.8 Å². The van der Waals surface area contributed by atoms with Crippen molar-refractivity contribution >= 4 is 44.3 Å². The Kier molecular flexibility index (Phi) is 6.73. The minimum atomic E-state index is -0.238. The van der Waals surface area contributed by atoms with Gasteiger partial charge in [-0.1, -0.05) is 136 Å². The molecule has 55 heavy (non-hydrogen) atoms. The van der Waals surface area contributed by atoms with Crippen molar-refractivity contribution in [3.63, 3.8) is 0 Å². The molecule has 266 valence electrons. The highest BCUT2D eigenvalue weighted by molar-refractivity contribution is 5.92. The summed E-state index contributed by atoms with van der Waals surface area (Å²) >= 11 is 0. The second-order valence-corrected chi connectivity index (χ2v) is 16.7. The molecule has 2 atom stereocenters. The maximum Gasteiger partial charge on any atom is 0.0934 e. The van der Waals surface area contributed by atoms with Crippen LogP contribution in [0.25, 0.3) is 32.7 Å².